The minimum absolute atomic E-state index is 0.141. The fourth-order valence-electron chi connectivity index (χ4n) is 0.658. The molecule has 13 heavy (non-hydrogen) atoms. The van der Waals surface area contributed by atoms with Crippen LogP contribution in [0.4, 0.5) is 10.3 Å². The number of nitrogens with zero attached hydrogens (tertiary/aromatic N) is 2. The number of aromatic nitrogens is 2. The summed E-state index contributed by atoms with van der Waals surface area (Å²) in [5.41, 5.74) is 5.25. The summed E-state index contributed by atoms with van der Waals surface area (Å²) in [6.07, 6.45) is 0.963. The lowest BCUT2D eigenvalue weighted by molar-refractivity contribution is 0.256. The summed E-state index contributed by atoms with van der Waals surface area (Å²) in [7, 11) is 1.22. The molecule has 6 heteroatoms. The minimum atomic E-state index is -3.70. The van der Waals surface area contributed by atoms with Gasteiger partial charge in [-0.2, -0.15) is 4.98 Å². The second-order valence-corrected chi connectivity index (χ2v) is 1.90. The van der Waals surface area contributed by atoms with E-state index in [1.165, 1.54) is 7.11 Å². The zero-order valence-corrected chi connectivity index (χ0v) is 6.74. The van der Waals surface area contributed by atoms with Crippen LogP contribution in [0.25, 0.3) is 0 Å². The van der Waals surface area contributed by atoms with Crippen molar-refractivity contribution < 1.29 is 19.3 Å². The molecule has 0 amide bonds. The molecule has 0 saturated heterocycles. The molecule has 0 fully saturated rings. The molecule has 5 nitrogen and oxygen atoms in total. The van der Waals surface area contributed by atoms with E-state index in [-0.39, 0.29) is 17.6 Å². The molecule has 0 aliphatic rings. The van der Waals surface area contributed by atoms with Crippen LogP contribution in [0, 0.1) is 0 Å². The van der Waals surface area contributed by atoms with E-state index in [0.29, 0.717) is 0 Å². The largest absolute Gasteiger partial charge is 0.484 e. The van der Waals surface area contributed by atoms with Crippen molar-refractivity contribution in [3.63, 3.8) is 0 Å². The first-order valence-corrected chi connectivity index (χ1v) is 3.22. The van der Waals surface area contributed by atoms with Gasteiger partial charge in [0.1, 0.15) is 13.2 Å². The molecule has 1 heterocycles. The van der Waals surface area contributed by atoms with Gasteiger partial charge in [-0.3, -0.25) is 0 Å². The third kappa shape index (κ3) is 2.43. The Labute approximate surface area is 80.3 Å². The van der Waals surface area contributed by atoms with E-state index >= 15 is 0 Å². The number of nitrogen functional groups attached to an aromatic ring is 1. The van der Waals surface area contributed by atoms with Crippen LogP contribution in [-0.2, 0) is 0 Å². The molecule has 1 rings (SSSR count). The number of alkyl halides is 1. The molecule has 0 aliphatic heterocycles. The molecule has 72 valence electrons. The fourth-order valence-corrected chi connectivity index (χ4v) is 0.658. The van der Waals surface area contributed by atoms with Crippen molar-refractivity contribution in [3.05, 3.63) is 6.20 Å². The lowest BCUT2D eigenvalue weighted by Crippen LogP contribution is -2.04. The summed E-state index contributed by atoms with van der Waals surface area (Å²) in [6.45, 7) is -6.90. The van der Waals surface area contributed by atoms with E-state index in [9.17, 15) is 4.39 Å². The molecule has 2 N–H and O–H groups in total. The number of methoxy groups -OCH3 is 1. The van der Waals surface area contributed by atoms with Crippen molar-refractivity contribution >= 4 is 5.95 Å². The van der Waals surface area contributed by atoms with Gasteiger partial charge < -0.3 is 15.2 Å². The summed E-state index contributed by atoms with van der Waals surface area (Å²) in [5, 5.41) is 0. The number of anilines is 1. The zero-order chi connectivity index (χ0) is 13.3. The van der Waals surface area contributed by atoms with E-state index in [0.717, 1.165) is 6.20 Å². The van der Waals surface area contributed by atoms with Gasteiger partial charge >= 0.3 is 0 Å². The molecular weight excluding hydrogens is 177 g/mol. The van der Waals surface area contributed by atoms with Crippen LogP contribution in [-0.4, -0.2) is 30.3 Å². The number of hydrogen-bond donors (Lipinski definition) is 1. The van der Waals surface area contributed by atoms with Gasteiger partial charge in [0.05, 0.1) is 18.8 Å². The fraction of sp³-hybridized carbons (Fsp3) is 0.429. The van der Waals surface area contributed by atoms with E-state index in [1.807, 2.05) is 0 Å². The van der Waals surface area contributed by atoms with Crippen LogP contribution in [0.15, 0.2) is 6.20 Å². The molecule has 0 radical (unpaired) electrons. The normalized spacial score (nSPS) is 16.5. The summed E-state index contributed by atoms with van der Waals surface area (Å²) < 4.78 is 49.6. The molecule has 0 saturated carbocycles. The molecule has 0 unspecified atom stereocenters. The van der Waals surface area contributed by atoms with Crippen molar-refractivity contribution in [2.45, 2.75) is 0 Å². The third-order valence-corrected chi connectivity index (χ3v) is 1.13. The Kier molecular flexibility index (Phi) is 1.78. The second-order valence-electron chi connectivity index (χ2n) is 1.90. The molecule has 0 atom stereocenters. The predicted octanol–water partition coefficient (Wildman–Crippen LogP) is 0.416. The Morgan fingerprint density at radius 2 is 2.54 bits per heavy atom. The van der Waals surface area contributed by atoms with Crippen LogP contribution in [0.5, 0.6) is 11.6 Å². The van der Waals surface area contributed by atoms with Crippen LogP contribution >= 0.6 is 0 Å². The average molecular weight is 191 g/mol. The maximum absolute atomic E-state index is 12.9. The summed E-state index contributed by atoms with van der Waals surface area (Å²) in [5.74, 6) is -0.711. The maximum atomic E-state index is 12.9. The average Bonchev–Trinajstić information content (AvgIpc) is 2.18. The number of nitrogens with two attached hydrogens (primary N) is 1. The van der Waals surface area contributed by atoms with Crippen molar-refractivity contribution in [2.75, 3.05) is 26.0 Å². The number of rotatable bonds is 4. The first-order chi connectivity index (χ1) is 7.67. The Bertz CT molecular complexity index is 413. The van der Waals surface area contributed by atoms with Crippen LogP contribution in [0.3, 0.4) is 0 Å². The van der Waals surface area contributed by atoms with Gasteiger partial charge in [-0.15, -0.1) is 0 Å². The number of halogens is 1. The lowest BCUT2D eigenvalue weighted by atomic mass is 10.5. The first-order valence-electron chi connectivity index (χ1n) is 5.22. The summed E-state index contributed by atoms with van der Waals surface area (Å²) >= 11 is 0. The van der Waals surface area contributed by atoms with Gasteiger partial charge in [-0.25, -0.2) is 9.37 Å². The SMILES string of the molecule is [2H]C([2H])(F)C([2H])([2H])Oc1cnc(N)nc1OC. The molecule has 0 aliphatic carbocycles. The van der Waals surface area contributed by atoms with Crippen LogP contribution in [0.2, 0.25) is 0 Å². The van der Waals surface area contributed by atoms with Gasteiger partial charge in [0.15, 0.2) is 5.75 Å². The van der Waals surface area contributed by atoms with Crippen molar-refractivity contribution in [3.8, 4) is 11.6 Å². The van der Waals surface area contributed by atoms with Gasteiger partial charge in [0, 0.05) is 0 Å². The van der Waals surface area contributed by atoms with E-state index in [1.54, 1.807) is 0 Å². The summed E-state index contributed by atoms with van der Waals surface area (Å²) in [4.78, 5) is 7.07. The Balaban J connectivity index is 3.03. The van der Waals surface area contributed by atoms with E-state index in [2.05, 4.69) is 14.7 Å². The maximum Gasteiger partial charge on any atom is 0.261 e. The van der Waals surface area contributed by atoms with Gasteiger partial charge in [-0.05, 0) is 0 Å². The smallest absolute Gasteiger partial charge is 0.261 e. The third-order valence-electron chi connectivity index (χ3n) is 1.13. The molecule has 1 aromatic rings. The highest BCUT2D eigenvalue weighted by molar-refractivity contribution is 5.35. The number of ether oxygens (including phenoxy) is 2. The van der Waals surface area contributed by atoms with E-state index < -0.39 is 13.2 Å². The Hall–Kier alpha value is -1.59. The van der Waals surface area contributed by atoms with Gasteiger partial charge in [0.2, 0.25) is 5.95 Å². The lowest BCUT2D eigenvalue weighted by Gasteiger charge is -2.07. The van der Waals surface area contributed by atoms with Crippen molar-refractivity contribution in [2.24, 2.45) is 0 Å². The van der Waals surface area contributed by atoms with Gasteiger partial charge in [0.25, 0.3) is 5.88 Å². The van der Waals surface area contributed by atoms with Crippen LogP contribution < -0.4 is 15.2 Å². The highest BCUT2D eigenvalue weighted by atomic mass is 19.1. The highest BCUT2D eigenvalue weighted by Gasteiger charge is 2.06. The van der Waals surface area contributed by atoms with Crippen molar-refractivity contribution in [1.82, 2.24) is 9.97 Å². The van der Waals surface area contributed by atoms with Gasteiger partial charge in [-0.1, -0.05) is 0 Å². The molecule has 0 bridgehead atoms. The standard InChI is InChI=1S/C7H10FN3O2/c1-12-6-5(13-3-2-8)4-10-7(9)11-6/h4H,2-3H2,1H3,(H2,9,10,11)/i2D2,3D2. The predicted molar refractivity (Wildman–Crippen MR) is 44.5 cm³/mol. The molecule has 0 spiro atoms. The quantitative estimate of drug-likeness (QED) is 0.746. The second kappa shape index (κ2) is 4.44. The summed E-state index contributed by atoms with van der Waals surface area (Å²) in [6, 6.07) is 0. The van der Waals surface area contributed by atoms with E-state index in [4.69, 9.17) is 16.0 Å². The van der Waals surface area contributed by atoms with Crippen LogP contribution in [0.1, 0.15) is 5.48 Å². The highest BCUT2D eigenvalue weighted by Crippen LogP contribution is 2.23. The molecule has 1 aromatic heterocycles. The topological polar surface area (TPSA) is 70.3 Å². The first kappa shape index (κ1) is 5.21. The Morgan fingerprint density at radius 1 is 1.77 bits per heavy atom. The minimum Gasteiger partial charge on any atom is -0.484 e. The molecular formula is C7H10FN3O2. The Morgan fingerprint density at radius 3 is 3.15 bits per heavy atom. The molecule has 0 aromatic carbocycles. The number of hydrogen-bond acceptors (Lipinski definition) is 5. The van der Waals surface area contributed by atoms with Crippen molar-refractivity contribution in [1.29, 1.82) is 0 Å². The monoisotopic (exact) mass is 191 g/mol. The zero-order valence-electron chi connectivity index (χ0n) is 10.7.